The first-order valence-corrected chi connectivity index (χ1v) is 7.01. The SMILES string of the molecule is CC(=O)Nc1ccc(NC=C2CCCCCC2=O)cc1. The van der Waals surface area contributed by atoms with Crippen LogP contribution in [0.4, 0.5) is 11.4 Å². The lowest BCUT2D eigenvalue weighted by atomic mass is 10.1. The van der Waals surface area contributed by atoms with Gasteiger partial charge >= 0.3 is 0 Å². The highest BCUT2D eigenvalue weighted by Crippen LogP contribution is 2.20. The zero-order valence-electron chi connectivity index (χ0n) is 11.7. The van der Waals surface area contributed by atoms with Crippen LogP contribution in [0.25, 0.3) is 0 Å². The van der Waals surface area contributed by atoms with Crippen LogP contribution in [0.1, 0.15) is 39.0 Å². The van der Waals surface area contributed by atoms with E-state index in [4.69, 9.17) is 0 Å². The molecule has 1 amide bonds. The van der Waals surface area contributed by atoms with E-state index in [1.54, 1.807) is 0 Å². The first-order valence-electron chi connectivity index (χ1n) is 7.01. The quantitative estimate of drug-likeness (QED) is 0.654. The highest BCUT2D eigenvalue weighted by Gasteiger charge is 2.12. The first-order chi connectivity index (χ1) is 9.65. The number of ketones is 1. The molecule has 1 saturated carbocycles. The van der Waals surface area contributed by atoms with Crippen LogP contribution in [0.15, 0.2) is 36.0 Å². The van der Waals surface area contributed by atoms with Gasteiger partial charge in [-0.1, -0.05) is 6.42 Å². The normalized spacial score (nSPS) is 17.6. The van der Waals surface area contributed by atoms with Gasteiger partial charge in [0.1, 0.15) is 0 Å². The molecule has 1 aromatic rings. The van der Waals surface area contributed by atoms with E-state index in [9.17, 15) is 9.59 Å². The largest absolute Gasteiger partial charge is 0.361 e. The molecular weight excluding hydrogens is 252 g/mol. The Morgan fingerprint density at radius 3 is 2.40 bits per heavy atom. The molecule has 106 valence electrons. The predicted octanol–water partition coefficient (Wildman–Crippen LogP) is 3.47. The number of nitrogens with one attached hydrogen (secondary N) is 2. The van der Waals surface area contributed by atoms with Crippen LogP contribution in [0.2, 0.25) is 0 Å². The molecule has 4 heteroatoms. The Labute approximate surface area is 119 Å². The molecule has 1 aliphatic rings. The molecule has 0 radical (unpaired) electrons. The lowest BCUT2D eigenvalue weighted by molar-refractivity contribution is -0.116. The lowest BCUT2D eigenvalue weighted by Crippen LogP contribution is -2.05. The number of hydrogen-bond donors (Lipinski definition) is 2. The van der Waals surface area contributed by atoms with Crippen LogP contribution in [0.3, 0.4) is 0 Å². The maximum atomic E-state index is 11.9. The third-order valence-corrected chi connectivity index (χ3v) is 3.33. The van der Waals surface area contributed by atoms with Gasteiger partial charge in [-0.2, -0.15) is 0 Å². The summed E-state index contributed by atoms with van der Waals surface area (Å²) >= 11 is 0. The van der Waals surface area contributed by atoms with Gasteiger partial charge in [0.2, 0.25) is 5.91 Å². The minimum atomic E-state index is -0.0862. The van der Waals surface area contributed by atoms with Crippen LogP contribution < -0.4 is 10.6 Å². The zero-order chi connectivity index (χ0) is 14.4. The Hall–Kier alpha value is -2.10. The van der Waals surface area contributed by atoms with E-state index in [1.807, 2.05) is 30.5 Å². The van der Waals surface area contributed by atoms with E-state index < -0.39 is 0 Å². The van der Waals surface area contributed by atoms with Crippen LogP contribution in [-0.2, 0) is 9.59 Å². The molecule has 0 atom stereocenters. The molecule has 0 aromatic heterocycles. The molecule has 4 nitrogen and oxygen atoms in total. The number of anilines is 2. The summed E-state index contributed by atoms with van der Waals surface area (Å²) in [6, 6.07) is 7.42. The monoisotopic (exact) mass is 272 g/mol. The summed E-state index contributed by atoms with van der Waals surface area (Å²) in [5, 5.41) is 5.87. The molecular formula is C16H20N2O2. The van der Waals surface area contributed by atoms with Gasteiger partial charge < -0.3 is 10.6 Å². The third kappa shape index (κ3) is 4.23. The molecule has 0 spiro atoms. The van der Waals surface area contributed by atoms with Crippen molar-refractivity contribution in [1.29, 1.82) is 0 Å². The molecule has 0 unspecified atom stereocenters. The molecule has 0 bridgehead atoms. The third-order valence-electron chi connectivity index (χ3n) is 3.33. The van der Waals surface area contributed by atoms with E-state index in [2.05, 4.69) is 10.6 Å². The number of Topliss-reactive ketones (excluding diaryl/α,β-unsaturated/α-hetero) is 1. The number of amides is 1. The zero-order valence-corrected chi connectivity index (χ0v) is 11.7. The van der Waals surface area contributed by atoms with E-state index >= 15 is 0 Å². The molecule has 1 aromatic carbocycles. The van der Waals surface area contributed by atoms with Crippen molar-refractivity contribution in [2.75, 3.05) is 10.6 Å². The average molecular weight is 272 g/mol. The van der Waals surface area contributed by atoms with E-state index in [0.717, 1.165) is 42.6 Å². The Kier molecular flexibility index (Phi) is 4.93. The minimum absolute atomic E-state index is 0.0862. The van der Waals surface area contributed by atoms with Gasteiger partial charge in [-0.15, -0.1) is 0 Å². The molecule has 0 aliphatic heterocycles. The smallest absolute Gasteiger partial charge is 0.221 e. The van der Waals surface area contributed by atoms with Gasteiger partial charge in [-0.25, -0.2) is 0 Å². The Morgan fingerprint density at radius 1 is 1.05 bits per heavy atom. The first kappa shape index (κ1) is 14.3. The lowest BCUT2D eigenvalue weighted by Gasteiger charge is -2.06. The minimum Gasteiger partial charge on any atom is -0.361 e. The summed E-state index contributed by atoms with van der Waals surface area (Å²) in [5.41, 5.74) is 2.55. The van der Waals surface area contributed by atoms with E-state index in [0.29, 0.717) is 6.42 Å². The van der Waals surface area contributed by atoms with E-state index in [-0.39, 0.29) is 11.7 Å². The summed E-state index contributed by atoms with van der Waals surface area (Å²) in [6.07, 6.45) is 6.56. The fourth-order valence-corrected chi connectivity index (χ4v) is 2.25. The Morgan fingerprint density at radius 2 is 1.70 bits per heavy atom. The number of benzene rings is 1. The van der Waals surface area contributed by atoms with Crippen molar-refractivity contribution < 1.29 is 9.59 Å². The summed E-state index contributed by atoms with van der Waals surface area (Å²) in [4.78, 5) is 22.8. The second-order valence-corrected chi connectivity index (χ2v) is 5.06. The van der Waals surface area contributed by atoms with Gasteiger partial charge in [0.05, 0.1) is 0 Å². The van der Waals surface area contributed by atoms with Crippen molar-refractivity contribution in [2.24, 2.45) is 0 Å². The van der Waals surface area contributed by atoms with Gasteiger partial charge in [0.15, 0.2) is 5.78 Å². The van der Waals surface area contributed by atoms with Gasteiger partial charge in [0.25, 0.3) is 0 Å². The Balaban J connectivity index is 1.98. The molecule has 0 heterocycles. The summed E-state index contributed by atoms with van der Waals surface area (Å²) < 4.78 is 0. The van der Waals surface area contributed by atoms with Crippen LogP contribution in [0, 0.1) is 0 Å². The van der Waals surface area contributed by atoms with Crippen LogP contribution in [0.5, 0.6) is 0 Å². The fourth-order valence-electron chi connectivity index (χ4n) is 2.25. The number of rotatable bonds is 3. The van der Waals surface area contributed by atoms with Crippen molar-refractivity contribution in [3.8, 4) is 0 Å². The molecule has 1 aliphatic carbocycles. The number of allylic oxidation sites excluding steroid dienone is 1. The van der Waals surface area contributed by atoms with Crippen molar-refractivity contribution in [2.45, 2.75) is 39.0 Å². The standard InChI is InChI=1S/C16H20N2O2/c1-12(19)18-15-9-7-14(8-10-15)17-11-13-5-3-2-4-6-16(13)20/h7-11,17H,2-6H2,1H3,(H,18,19). The van der Waals surface area contributed by atoms with Crippen LogP contribution >= 0.6 is 0 Å². The maximum absolute atomic E-state index is 11.9. The van der Waals surface area contributed by atoms with Crippen molar-refractivity contribution in [3.05, 3.63) is 36.0 Å². The summed E-state index contributed by atoms with van der Waals surface area (Å²) in [6.45, 7) is 1.48. The van der Waals surface area contributed by atoms with Gasteiger partial charge in [-0.3, -0.25) is 9.59 Å². The molecule has 2 N–H and O–H groups in total. The predicted molar refractivity (Wildman–Crippen MR) is 80.5 cm³/mol. The Bertz CT molecular complexity index is 518. The van der Waals surface area contributed by atoms with Gasteiger partial charge in [-0.05, 0) is 43.5 Å². The number of carbonyl (C=O) groups excluding carboxylic acids is 2. The van der Waals surface area contributed by atoms with Crippen molar-refractivity contribution in [3.63, 3.8) is 0 Å². The molecule has 20 heavy (non-hydrogen) atoms. The van der Waals surface area contributed by atoms with Crippen molar-refractivity contribution >= 4 is 23.1 Å². The summed E-state index contributed by atoms with van der Waals surface area (Å²) in [7, 11) is 0. The second kappa shape index (κ2) is 6.89. The molecule has 1 fully saturated rings. The van der Waals surface area contributed by atoms with Crippen LogP contribution in [-0.4, -0.2) is 11.7 Å². The number of carbonyl (C=O) groups is 2. The van der Waals surface area contributed by atoms with Gasteiger partial charge in [0, 0.05) is 36.5 Å². The van der Waals surface area contributed by atoms with Crippen molar-refractivity contribution in [1.82, 2.24) is 0 Å². The summed E-state index contributed by atoms with van der Waals surface area (Å²) in [5.74, 6) is 0.168. The highest BCUT2D eigenvalue weighted by molar-refractivity contribution is 5.95. The topological polar surface area (TPSA) is 58.2 Å². The average Bonchev–Trinajstić information content (AvgIpc) is 2.62. The highest BCUT2D eigenvalue weighted by atomic mass is 16.1. The molecule has 2 rings (SSSR count). The van der Waals surface area contributed by atoms with E-state index in [1.165, 1.54) is 6.92 Å². The molecule has 0 saturated heterocycles. The fraction of sp³-hybridized carbons (Fsp3) is 0.375. The number of hydrogen-bond acceptors (Lipinski definition) is 3. The maximum Gasteiger partial charge on any atom is 0.221 e. The second-order valence-electron chi connectivity index (χ2n) is 5.06.